The van der Waals surface area contributed by atoms with Crippen molar-refractivity contribution in [1.82, 2.24) is 5.32 Å². The quantitative estimate of drug-likeness (QED) is 0.478. The lowest BCUT2D eigenvalue weighted by Crippen LogP contribution is -2.23. The molecule has 0 aliphatic rings. The van der Waals surface area contributed by atoms with Crippen LogP contribution in [0.25, 0.3) is 0 Å². The van der Waals surface area contributed by atoms with E-state index in [0.717, 1.165) is 21.4 Å². The molecular formula is C21H18BrN3OS. The Morgan fingerprint density at radius 2 is 1.56 bits per heavy atom. The largest absolute Gasteiger partial charge is 0.348 e. The molecule has 4 nitrogen and oxygen atoms in total. The van der Waals surface area contributed by atoms with Gasteiger partial charge in [0.25, 0.3) is 5.91 Å². The lowest BCUT2D eigenvalue weighted by molar-refractivity contribution is 0.0951. The number of carbonyl (C=O) groups excluding carboxylic acids is 1. The van der Waals surface area contributed by atoms with Crippen LogP contribution in [0.3, 0.4) is 0 Å². The first kappa shape index (κ1) is 19.1. The SMILES string of the molecule is O=C(NCc1ccccc1)c1cccc(NC(=S)Nc2ccc(Br)cc2)c1. The molecule has 3 N–H and O–H groups in total. The zero-order chi connectivity index (χ0) is 19.1. The van der Waals surface area contributed by atoms with Gasteiger partial charge in [0.2, 0.25) is 0 Å². The van der Waals surface area contributed by atoms with Gasteiger partial charge in [0, 0.05) is 28.0 Å². The van der Waals surface area contributed by atoms with Gasteiger partial charge in [-0.15, -0.1) is 0 Å². The summed E-state index contributed by atoms with van der Waals surface area (Å²) in [7, 11) is 0. The van der Waals surface area contributed by atoms with Crippen molar-refractivity contribution in [3.8, 4) is 0 Å². The van der Waals surface area contributed by atoms with E-state index in [-0.39, 0.29) is 5.91 Å². The maximum atomic E-state index is 12.4. The van der Waals surface area contributed by atoms with Crippen LogP contribution in [-0.2, 0) is 6.54 Å². The molecule has 0 saturated carbocycles. The first-order valence-electron chi connectivity index (χ1n) is 8.36. The van der Waals surface area contributed by atoms with E-state index < -0.39 is 0 Å². The number of nitrogens with one attached hydrogen (secondary N) is 3. The Morgan fingerprint density at radius 3 is 2.30 bits per heavy atom. The lowest BCUT2D eigenvalue weighted by Gasteiger charge is -2.12. The molecule has 1 amide bonds. The molecule has 0 fully saturated rings. The highest BCUT2D eigenvalue weighted by molar-refractivity contribution is 9.10. The van der Waals surface area contributed by atoms with Crippen molar-refractivity contribution in [3.05, 3.63) is 94.5 Å². The Kier molecular flexibility index (Phi) is 6.57. The van der Waals surface area contributed by atoms with Gasteiger partial charge in [0.1, 0.15) is 0 Å². The number of thiocarbonyl (C=S) groups is 1. The zero-order valence-corrected chi connectivity index (χ0v) is 16.8. The first-order chi connectivity index (χ1) is 13.1. The van der Waals surface area contributed by atoms with E-state index >= 15 is 0 Å². The maximum Gasteiger partial charge on any atom is 0.251 e. The summed E-state index contributed by atoms with van der Waals surface area (Å²) in [6.45, 7) is 0.487. The summed E-state index contributed by atoms with van der Waals surface area (Å²) in [6.07, 6.45) is 0. The van der Waals surface area contributed by atoms with Gasteiger partial charge in [0.05, 0.1) is 0 Å². The average Bonchev–Trinajstić information content (AvgIpc) is 2.69. The molecule has 0 bridgehead atoms. The third-order valence-electron chi connectivity index (χ3n) is 3.78. The van der Waals surface area contributed by atoms with Gasteiger partial charge in [-0.05, 0) is 60.2 Å². The predicted molar refractivity (Wildman–Crippen MR) is 118 cm³/mol. The van der Waals surface area contributed by atoms with Crippen LogP contribution in [0, 0.1) is 0 Å². The van der Waals surface area contributed by atoms with E-state index in [4.69, 9.17) is 12.2 Å². The zero-order valence-electron chi connectivity index (χ0n) is 14.4. The molecule has 0 aliphatic heterocycles. The highest BCUT2D eigenvalue weighted by Gasteiger charge is 2.07. The molecule has 3 aromatic carbocycles. The number of hydrogen-bond acceptors (Lipinski definition) is 2. The molecule has 0 aliphatic carbocycles. The van der Waals surface area contributed by atoms with Crippen LogP contribution >= 0.6 is 28.1 Å². The molecular weight excluding hydrogens is 422 g/mol. The summed E-state index contributed by atoms with van der Waals surface area (Å²) in [5, 5.41) is 9.59. The summed E-state index contributed by atoms with van der Waals surface area (Å²) in [5.74, 6) is -0.130. The summed E-state index contributed by atoms with van der Waals surface area (Å²) in [5.41, 5.74) is 3.26. The van der Waals surface area contributed by atoms with Crippen molar-refractivity contribution in [3.63, 3.8) is 0 Å². The fourth-order valence-electron chi connectivity index (χ4n) is 2.45. The molecule has 6 heteroatoms. The van der Waals surface area contributed by atoms with Crippen LogP contribution in [0.5, 0.6) is 0 Å². The van der Waals surface area contributed by atoms with Gasteiger partial charge in [-0.3, -0.25) is 4.79 Å². The number of halogens is 1. The van der Waals surface area contributed by atoms with Crippen LogP contribution < -0.4 is 16.0 Å². The van der Waals surface area contributed by atoms with Gasteiger partial charge in [-0.25, -0.2) is 0 Å². The minimum absolute atomic E-state index is 0.130. The van der Waals surface area contributed by atoms with Gasteiger partial charge in [-0.1, -0.05) is 52.3 Å². The van der Waals surface area contributed by atoms with Gasteiger partial charge >= 0.3 is 0 Å². The van der Waals surface area contributed by atoms with Crippen LogP contribution in [0.1, 0.15) is 15.9 Å². The summed E-state index contributed by atoms with van der Waals surface area (Å²) in [6, 6.07) is 24.7. The number of hydrogen-bond donors (Lipinski definition) is 3. The molecule has 0 aromatic heterocycles. The van der Waals surface area contributed by atoms with Crippen LogP contribution in [0.4, 0.5) is 11.4 Å². The molecule has 0 spiro atoms. The highest BCUT2D eigenvalue weighted by atomic mass is 79.9. The Hall–Kier alpha value is -2.70. The van der Waals surface area contributed by atoms with Crippen molar-refractivity contribution >= 4 is 50.5 Å². The van der Waals surface area contributed by atoms with Gasteiger partial charge < -0.3 is 16.0 Å². The molecule has 3 rings (SSSR count). The van der Waals surface area contributed by atoms with E-state index in [2.05, 4.69) is 31.9 Å². The van der Waals surface area contributed by atoms with Crippen LogP contribution in [-0.4, -0.2) is 11.0 Å². The Labute approximate surface area is 172 Å². The number of benzene rings is 3. The Balaban J connectivity index is 1.58. The number of anilines is 2. The number of rotatable bonds is 5. The summed E-state index contributed by atoms with van der Waals surface area (Å²) >= 11 is 8.74. The summed E-state index contributed by atoms with van der Waals surface area (Å²) in [4.78, 5) is 12.4. The standard InChI is InChI=1S/C21H18BrN3OS/c22-17-9-11-18(12-10-17)24-21(27)25-19-8-4-7-16(13-19)20(26)23-14-15-5-2-1-3-6-15/h1-13H,14H2,(H,23,26)(H2,24,25,27). The normalized spacial score (nSPS) is 10.1. The lowest BCUT2D eigenvalue weighted by atomic mass is 10.1. The fourth-order valence-corrected chi connectivity index (χ4v) is 2.95. The van der Waals surface area contributed by atoms with Crippen molar-refractivity contribution in [1.29, 1.82) is 0 Å². The van der Waals surface area contributed by atoms with Gasteiger partial charge in [0.15, 0.2) is 5.11 Å². The molecule has 0 heterocycles. The minimum atomic E-state index is -0.130. The molecule has 27 heavy (non-hydrogen) atoms. The van der Waals surface area contributed by atoms with Crippen molar-refractivity contribution in [2.24, 2.45) is 0 Å². The summed E-state index contributed by atoms with van der Waals surface area (Å²) < 4.78 is 1.00. The number of amides is 1. The topological polar surface area (TPSA) is 53.2 Å². The van der Waals surface area contributed by atoms with Crippen LogP contribution in [0.2, 0.25) is 0 Å². The second kappa shape index (κ2) is 9.30. The third kappa shape index (κ3) is 5.91. The fraction of sp³-hybridized carbons (Fsp3) is 0.0476. The Bertz CT molecular complexity index is 930. The second-order valence-corrected chi connectivity index (χ2v) is 7.16. The second-order valence-electron chi connectivity index (χ2n) is 5.84. The number of carbonyl (C=O) groups is 1. The molecule has 3 aromatic rings. The van der Waals surface area contributed by atoms with Crippen molar-refractivity contribution in [2.45, 2.75) is 6.54 Å². The van der Waals surface area contributed by atoms with Crippen LogP contribution in [0.15, 0.2) is 83.3 Å². The molecule has 0 saturated heterocycles. The highest BCUT2D eigenvalue weighted by Crippen LogP contribution is 2.15. The monoisotopic (exact) mass is 439 g/mol. The van der Waals surface area contributed by atoms with E-state index in [1.807, 2.05) is 66.7 Å². The van der Waals surface area contributed by atoms with E-state index in [9.17, 15) is 4.79 Å². The Morgan fingerprint density at radius 1 is 0.852 bits per heavy atom. The van der Waals surface area contributed by atoms with Crippen molar-refractivity contribution < 1.29 is 4.79 Å². The molecule has 136 valence electrons. The minimum Gasteiger partial charge on any atom is -0.348 e. The van der Waals surface area contributed by atoms with E-state index in [0.29, 0.717) is 17.2 Å². The van der Waals surface area contributed by atoms with Gasteiger partial charge in [-0.2, -0.15) is 0 Å². The van der Waals surface area contributed by atoms with E-state index in [1.165, 1.54) is 0 Å². The predicted octanol–water partition coefficient (Wildman–Crippen LogP) is 5.19. The smallest absolute Gasteiger partial charge is 0.251 e. The maximum absolute atomic E-state index is 12.4. The third-order valence-corrected chi connectivity index (χ3v) is 4.51. The van der Waals surface area contributed by atoms with E-state index in [1.54, 1.807) is 12.1 Å². The first-order valence-corrected chi connectivity index (χ1v) is 9.56. The van der Waals surface area contributed by atoms with Crippen molar-refractivity contribution in [2.75, 3.05) is 10.6 Å². The average molecular weight is 440 g/mol. The molecule has 0 unspecified atom stereocenters. The molecule has 0 atom stereocenters. The molecule has 0 radical (unpaired) electrons.